The summed E-state index contributed by atoms with van der Waals surface area (Å²) in [5.41, 5.74) is 0.756. The van der Waals surface area contributed by atoms with Gasteiger partial charge in [0.25, 0.3) is 0 Å². The fourth-order valence-electron chi connectivity index (χ4n) is 4.85. The maximum Gasteiger partial charge on any atom is 0.340 e. The van der Waals surface area contributed by atoms with Crippen LogP contribution >= 0.6 is 0 Å². The highest BCUT2D eigenvalue weighted by Crippen LogP contribution is 2.35. The Kier molecular flexibility index (Phi) is 13.8. The molecule has 0 aliphatic carbocycles. The van der Waals surface area contributed by atoms with Crippen LogP contribution in [0.1, 0.15) is 60.4 Å². The molecule has 1 fully saturated rings. The fraction of sp³-hybridized carbons (Fsp3) is 0.500. The van der Waals surface area contributed by atoms with Gasteiger partial charge < -0.3 is 38.6 Å². The summed E-state index contributed by atoms with van der Waals surface area (Å²) in [6.45, 7) is 14.3. The van der Waals surface area contributed by atoms with Gasteiger partial charge in [-0.15, -0.1) is 0 Å². The lowest BCUT2D eigenvalue weighted by molar-refractivity contribution is -0.152. The molecule has 3 rings (SSSR count). The number of hydrogen-bond acceptors (Lipinski definition) is 9. The Hall–Kier alpha value is -3.48. The Labute approximate surface area is 279 Å². The van der Waals surface area contributed by atoms with Crippen molar-refractivity contribution in [2.75, 3.05) is 20.5 Å². The molecular weight excluding hydrogens is 620 g/mol. The van der Waals surface area contributed by atoms with Gasteiger partial charge in [0.05, 0.1) is 24.4 Å². The van der Waals surface area contributed by atoms with Crippen molar-refractivity contribution in [3.05, 3.63) is 77.4 Å². The monoisotopic (exact) mass is 670 g/mol. The van der Waals surface area contributed by atoms with Crippen LogP contribution in [-0.2, 0) is 18.9 Å². The Morgan fingerprint density at radius 2 is 1.74 bits per heavy atom. The van der Waals surface area contributed by atoms with Gasteiger partial charge in [0.2, 0.25) is 0 Å². The van der Waals surface area contributed by atoms with E-state index in [1.54, 1.807) is 81.5 Å². The summed E-state index contributed by atoms with van der Waals surface area (Å²) in [5, 5.41) is 20.2. The molecule has 0 saturated carbocycles. The highest BCUT2D eigenvalue weighted by atomic mass is 28.3. The number of aliphatic hydroxyl groups excluding tert-OH is 1. The molecule has 2 N–H and O–H groups in total. The number of ether oxygens (including phenoxy) is 6. The van der Waals surface area contributed by atoms with E-state index in [4.69, 9.17) is 28.4 Å². The number of carbonyl (C=O) groups is 2. The standard InChI is InChI=1S/C36H50O10Si/c1-24(25(2)37)17-18-29(44-35(40)26-13-10-9-11-14-26)33-30(45-36(3,4)46-33)16-12-15-27-21-28(42-19-20-47(6,7)8)22-31(43-23-41-5)32(27)34(38)39/h9-15,17-18,21-22,24-25,29-30,33,37H,16,19-20,23H2,1-8H3,(H,38,39)/t24-,25+,29?,30?,33?/m1/s1. The molecule has 0 aromatic heterocycles. The second kappa shape index (κ2) is 17.1. The van der Waals surface area contributed by atoms with Gasteiger partial charge >= 0.3 is 11.9 Å². The normalized spacial score (nSPS) is 19.9. The molecule has 0 radical (unpaired) electrons. The lowest BCUT2D eigenvalue weighted by Gasteiger charge is -2.25. The number of aliphatic hydroxyl groups is 1. The van der Waals surface area contributed by atoms with Gasteiger partial charge in [-0.25, -0.2) is 9.59 Å². The van der Waals surface area contributed by atoms with E-state index < -0.39 is 50.2 Å². The smallest absolute Gasteiger partial charge is 0.340 e. The lowest BCUT2D eigenvalue weighted by Crippen LogP contribution is -2.37. The van der Waals surface area contributed by atoms with Gasteiger partial charge in [0.1, 0.15) is 29.3 Å². The van der Waals surface area contributed by atoms with Gasteiger partial charge in [-0.3, -0.25) is 0 Å². The fourth-order valence-corrected chi connectivity index (χ4v) is 5.56. The van der Waals surface area contributed by atoms with Crippen molar-refractivity contribution in [2.45, 2.75) is 90.0 Å². The number of carboxylic acids is 1. The third-order valence-corrected chi connectivity index (χ3v) is 9.31. The molecule has 10 nitrogen and oxygen atoms in total. The number of methoxy groups -OCH3 is 1. The van der Waals surface area contributed by atoms with Crippen LogP contribution in [0.3, 0.4) is 0 Å². The summed E-state index contributed by atoms with van der Waals surface area (Å²) >= 11 is 0. The van der Waals surface area contributed by atoms with Crippen molar-refractivity contribution in [3.8, 4) is 11.5 Å². The minimum atomic E-state index is -1.36. The molecule has 47 heavy (non-hydrogen) atoms. The number of esters is 1. The van der Waals surface area contributed by atoms with Crippen LogP contribution in [0, 0.1) is 5.92 Å². The van der Waals surface area contributed by atoms with Crippen molar-refractivity contribution < 1.29 is 48.2 Å². The minimum absolute atomic E-state index is 0.0268. The maximum absolute atomic E-state index is 13.1. The summed E-state index contributed by atoms with van der Waals surface area (Å²) in [4.78, 5) is 25.5. The first kappa shape index (κ1) is 38.0. The molecule has 258 valence electrons. The molecule has 0 spiro atoms. The van der Waals surface area contributed by atoms with Crippen molar-refractivity contribution >= 4 is 26.1 Å². The zero-order chi connectivity index (χ0) is 34.8. The topological polar surface area (TPSA) is 130 Å². The van der Waals surface area contributed by atoms with Crippen LogP contribution in [-0.4, -0.2) is 80.9 Å². The lowest BCUT2D eigenvalue weighted by atomic mass is 9.99. The van der Waals surface area contributed by atoms with E-state index in [1.807, 2.05) is 13.0 Å². The zero-order valence-corrected chi connectivity index (χ0v) is 29.7. The highest BCUT2D eigenvalue weighted by Gasteiger charge is 2.45. The van der Waals surface area contributed by atoms with Crippen LogP contribution in [0.2, 0.25) is 25.7 Å². The zero-order valence-electron chi connectivity index (χ0n) is 28.7. The number of carboxylic acid groups (broad SMARTS) is 1. The first-order chi connectivity index (χ1) is 22.1. The Morgan fingerprint density at radius 3 is 2.36 bits per heavy atom. The molecule has 1 aliphatic heterocycles. The molecule has 11 heteroatoms. The van der Waals surface area contributed by atoms with Gasteiger partial charge in [-0.2, -0.15) is 0 Å². The predicted molar refractivity (Wildman–Crippen MR) is 183 cm³/mol. The van der Waals surface area contributed by atoms with Crippen LogP contribution in [0.15, 0.2) is 60.7 Å². The quantitative estimate of drug-likeness (QED) is 0.0802. The summed E-state index contributed by atoms with van der Waals surface area (Å²) in [6, 6.07) is 12.9. The summed E-state index contributed by atoms with van der Waals surface area (Å²) < 4.78 is 35.2. The van der Waals surface area contributed by atoms with Gasteiger partial charge in [-0.05, 0) is 69.0 Å². The van der Waals surface area contributed by atoms with E-state index in [2.05, 4.69) is 19.6 Å². The molecule has 2 aromatic carbocycles. The van der Waals surface area contributed by atoms with Crippen LogP contribution in [0.5, 0.6) is 11.5 Å². The van der Waals surface area contributed by atoms with Gasteiger partial charge in [-0.1, -0.05) is 63.0 Å². The predicted octanol–water partition coefficient (Wildman–Crippen LogP) is 6.81. The molecular formula is C36H50O10Si. The molecule has 5 atom stereocenters. The number of rotatable bonds is 17. The Balaban J connectivity index is 1.93. The Bertz CT molecular complexity index is 1380. The van der Waals surface area contributed by atoms with Crippen molar-refractivity contribution in [1.29, 1.82) is 0 Å². The minimum Gasteiger partial charge on any atom is -0.494 e. The average Bonchev–Trinajstić information content (AvgIpc) is 3.31. The van der Waals surface area contributed by atoms with Crippen LogP contribution < -0.4 is 9.47 Å². The maximum atomic E-state index is 13.1. The number of benzene rings is 2. The average molecular weight is 671 g/mol. The second-order valence-electron chi connectivity index (χ2n) is 13.4. The number of hydrogen-bond donors (Lipinski definition) is 2. The van der Waals surface area contributed by atoms with Crippen molar-refractivity contribution in [3.63, 3.8) is 0 Å². The third kappa shape index (κ3) is 11.9. The van der Waals surface area contributed by atoms with E-state index in [1.165, 1.54) is 7.11 Å². The number of aromatic carboxylic acids is 1. The molecule has 1 heterocycles. The van der Waals surface area contributed by atoms with E-state index in [-0.39, 0.29) is 24.0 Å². The molecule has 1 saturated heterocycles. The van der Waals surface area contributed by atoms with E-state index in [0.717, 1.165) is 6.04 Å². The number of carbonyl (C=O) groups excluding carboxylic acids is 1. The van der Waals surface area contributed by atoms with Gasteiger partial charge in [0, 0.05) is 21.3 Å². The van der Waals surface area contributed by atoms with Gasteiger partial charge in [0.15, 0.2) is 12.6 Å². The SMILES string of the molecule is COCOc1cc(OCC[Si](C)(C)C)cc(C=CCC2OC(C)(C)OC2C(C=C[C@@H](C)[C@H](C)O)OC(=O)c2ccccc2)c1C(=O)O. The first-order valence-electron chi connectivity index (χ1n) is 15.9. The van der Waals surface area contributed by atoms with E-state index >= 15 is 0 Å². The second-order valence-corrected chi connectivity index (χ2v) is 19.0. The van der Waals surface area contributed by atoms with Crippen molar-refractivity contribution in [2.24, 2.45) is 5.92 Å². The summed E-state index contributed by atoms with van der Waals surface area (Å²) in [5.74, 6) is -2.24. The first-order valence-corrected chi connectivity index (χ1v) is 19.6. The molecule has 0 bridgehead atoms. The molecule has 2 aromatic rings. The van der Waals surface area contributed by atoms with Crippen LogP contribution in [0.4, 0.5) is 0 Å². The highest BCUT2D eigenvalue weighted by molar-refractivity contribution is 6.76. The van der Waals surface area contributed by atoms with E-state index in [0.29, 0.717) is 29.9 Å². The third-order valence-electron chi connectivity index (χ3n) is 7.60. The Morgan fingerprint density at radius 1 is 1.04 bits per heavy atom. The summed E-state index contributed by atoms with van der Waals surface area (Å²) in [6.07, 6.45) is 4.62. The van der Waals surface area contributed by atoms with Crippen molar-refractivity contribution in [1.82, 2.24) is 0 Å². The summed E-state index contributed by atoms with van der Waals surface area (Å²) in [7, 11) is 0.101. The van der Waals surface area contributed by atoms with Crippen LogP contribution in [0.25, 0.3) is 6.08 Å². The molecule has 0 amide bonds. The molecule has 3 unspecified atom stereocenters. The molecule has 1 aliphatic rings. The largest absolute Gasteiger partial charge is 0.494 e. The van der Waals surface area contributed by atoms with E-state index in [9.17, 15) is 19.8 Å².